The van der Waals surface area contributed by atoms with Gasteiger partial charge in [-0.1, -0.05) is 0 Å². The number of benzene rings is 1. The van der Waals surface area contributed by atoms with Crippen molar-refractivity contribution < 1.29 is 12.8 Å². The highest BCUT2D eigenvalue weighted by molar-refractivity contribution is 9.10. The van der Waals surface area contributed by atoms with Gasteiger partial charge in [0.1, 0.15) is 5.82 Å². The summed E-state index contributed by atoms with van der Waals surface area (Å²) in [6.45, 7) is 0. The summed E-state index contributed by atoms with van der Waals surface area (Å²) >= 11 is 3.17. The van der Waals surface area contributed by atoms with E-state index in [0.717, 1.165) is 12.1 Å². The van der Waals surface area contributed by atoms with Crippen LogP contribution in [0.1, 0.15) is 0 Å². The molecule has 0 atom stereocenters. The van der Waals surface area contributed by atoms with Crippen molar-refractivity contribution in [1.29, 1.82) is 0 Å². The van der Waals surface area contributed by atoms with Crippen LogP contribution in [0.15, 0.2) is 57.0 Å². The average Bonchev–Trinajstić information content (AvgIpc) is 2.30. The first-order valence-corrected chi connectivity index (χ1v) is 6.90. The number of aromatic nitrogens is 1. The van der Waals surface area contributed by atoms with Crippen LogP contribution in [0.3, 0.4) is 0 Å². The van der Waals surface area contributed by atoms with Crippen molar-refractivity contribution in [1.82, 2.24) is 4.98 Å². The van der Waals surface area contributed by atoms with Crippen molar-refractivity contribution in [2.24, 2.45) is 0 Å². The summed E-state index contributed by atoms with van der Waals surface area (Å²) in [5, 5.41) is -0.0627. The van der Waals surface area contributed by atoms with E-state index in [1.807, 2.05) is 0 Å². The number of halogens is 2. The predicted molar refractivity (Wildman–Crippen MR) is 63.8 cm³/mol. The molecule has 0 amide bonds. The Bertz CT molecular complexity index is 572. The second-order valence-electron chi connectivity index (χ2n) is 3.27. The van der Waals surface area contributed by atoms with Crippen LogP contribution >= 0.6 is 15.9 Å². The number of hydrogen-bond acceptors (Lipinski definition) is 3. The van der Waals surface area contributed by atoms with Crippen molar-refractivity contribution in [3.8, 4) is 0 Å². The number of pyridine rings is 1. The Hall–Kier alpha value is -1.27. The smallest absolute Gasteiger partial charge is 0.223 e. The molecule has 0 spiro atoms. The van der Waals surface area contributed by atoms with E-state index in [4.69, 9.17) is 0 Å². The minimum atomic E-state index is -3.67. The lowest BCUT2D eigenvalue weighted by atomic mass is 10.4. The second kappa shape index (κ2) is 4.54. The molecule has 3 nitrogen and oxygen atoms in total. The van der Waals surface area contributed by atoms with Gasteiger partial charge in [-0.3, -0.25) is 0 Å². The van der Waals surface area contributed by atoms with Crippen LogP contribution in [-0.2, 0) is 9.84 Å². The van der Waals surface area contributed by atoms with Crippen molar-refractivity contribution in [2.45, 2.75) is 9.92 Å². The van der Waals surface area contributed by atoms with E-state index >= 15 is 0 Å². The molecule has 17 heavy (non-hydrogen) atoms. The molecule has 0 unspecified atom stereocenters. The van der Waals surface area contributed by atoms with Crippen LogP contribution in [0, 0.1) is 5.82 Å². The fourth-order valence-corrected chi connectivity index (χ4v) is 2.66. The molecule has 0 saturated heterocycles. The number of sulfone groups is 1. The monoisotopic (exact) mass is 315 g/mol. The molecule has 0 aliphatic rings. The van der Waals surface area contributed by atoms with Gasteiger partial charge in [0.25, 0.3) is 0 Å². The maximum atomic E-state index is 12.7. The van der Waals surface area contributed by atoms with Crippen LogP contribution in [0.25, 0.3) is 0 Å². The Labute approximate surface area is 106 Å². The summed E-state index contributed by atoms with van der Waals surface area (Å²) in [7, 11) is -3.67. The molecule has 0 radical (unpaired) electrons. The zero-order valence-corrected chi connectivity index (χ0v) is 10.9. The van der Waals surface area contributed by atoms with Gasteiger partial charge >= 0.3 is 0 Å². The second-order valence-corrected chi connectivity index (χ2v) is 6.08. The Morgan fingerprint density at radius 3 is 2.24 bits per heavy atom. The van der Waals surface area contributed by atoms with Crippen LogP contribution in [0.4, 0.5) is 4.39 Å². The largest absolute Gasteiger partial charge is 0.243 e. The third kappa shape index (κ3) is 2.53. The summed E-state index contributed by atoms with van der Waals surface area (Å²) < 4.78 is 37.5. The van der Waals surface area contributed by atoms with Crippen LogP contribution in [-0.4, -0.2) is 13.4 Å². The Morgan fingerprint density at radius 2 is 1.71 bits per heavy atom. The molecule has 2 aromatic rings. The number of hydrogen-bond donors (Lipinski definition) is 0. The van der Waals surface area contributed by atoms with E-state index in [2.05, 4.69) is 20.9 Å². The van der Waals surface area contributed by atoms with E-state index in [1.54, 1.807) is 6.07 Å². The van der Waals surface area contributed by atoms with Gasteiger partial charge in [0, 0.05) is 10.7 Å². The highest BCUT2D eigenvalue weighted by Crippen LogP contribution is 2.20. The van der Waals surface area contributed by atoms with Crippen LogP contribution < -0.4 is 0 Å². The molecule has 6 heteroatoms. The van der Waals surface area contributed by atoms with Gasteiger partial charge < -0.3 is 0 Å². The standard InChI is InChI=1S/C11H7BrFNO2S/c12-8-1-6-11(14-7-8)17(15,16)10-4-2-9(13)3-5-10/h1-7H. The van der Waals surface area contributed by atoms with E-state index in [9.17, 15) is 12.8 Å². The molecule has 88 valence electrons. The van der Waals surface area contributed by atoms with Crippen molar-refractivity contribution in [3.63, 3.8) is 0 Å². The first kappa shape index (κ1) is 12.2. The molecule has 1 heterocycles. The average molecular weight is 316 g/mol. The van der Waals surface area contributed by atoms with Crippen molar-refractivity contribution in [3.05, 3.63) is 52.9 Å². The third-order valence-corrected chi connectivity index (χ3v) is 4.25. The minimum absolute atomic E-state index is 0.0220. The van der Waals surface area contributed by atoms with E-state index < -0.39 is 15.7 Å². The summed E-state index contributed by atoms with van der Waals surface area (Å²) in [6, 6.07) is 7.62. The van der Waals surface area contributed by atoms with Gasteiger partial charge in [-0.05, 0) is 52.3 Å². The molecule has 1 aromatic carbocycles. The Kier molecular flexibility index (Phi) is 3.26. The molecule has 0 aliphatic heterocycles. The van der Waals surface area contributed by atoms with Crippen molar-refractivity contribution >= 4 is 25.8 Å². The normalized spacial score (nSPS) is 11.4. The highest BCUT2D eigenvalue weighted by Gasteiger charge is 2.18. The first-order valence-electron chi connectivity index (χ1n) is 4.62. The lowest BCUT2D eigenvalue weighted by Crippen LogP contribution is -2.04. The molecule has 0 fully saturated rings. The minimum Gasteiger partial charge on any atom is -0.243 e. The fourth-order valence-electron chi connectivity index (χ4n) is 1.26. The lowest BCUT2D eigenvalue weighted by molar-refractivity contribution is 0.591. The molecule has 2 rings (SSSR count). The van der Waals surface area contributed by atoms with Crippen LogP contribution in [0.2, 0.25) is 0 Å². The number of rotatable bonds is 2. The van der Waals surface area contributed by atoms with Gasteiger partial charge in [-0.2, -0.15) is 0 Å². The third-order valence-electron chi connectivity index (χ3n) is 2.10. The van der Waals surface area contributed by atoms with Gasteiger partial charge in [0.05, 0.1) is 4.90 Å². The number of nitrogens with zero attached hydrogens (tertiary/aromatic N) is 1. The fraction of sp³-hybridized carbons (Fsp3) is 0. The highest BCUT2D eigenvalue weighted by atomic mass is 79.9. The van der Waals surface area contributed by atoms with Crippen LogP contribution in [0.5, 0.6) is 0 Å². The molecule has 1 aromatic heterocycles. The van der Waals surface area contributed by atoms with Gasteiger partial charge in [-0.25, -0.2) is 17.8 Å². The van der Waals surface area contributed by atoms with Gasteiger partial charge in [0.15, 0.2) is 5.03 Å². The molecular formula is C11H7BrFNO2S. The van der Waals surface area contributed by atoms with Gasteiger partial charge in [0.2, 0.25) is 9.84 Å². The molecule has 0 saturated carbocycles. The van der Waals surface area contributed by atoms with E-state index in [-0.39, 0.29) is 9.92 Å². The van der Waals surface area contributed by atoms with E-state index in [0.29, 0.717) is 4.47 Å². The van der Waals surface area contributed by atoms with Crippen molar-refractivity contribution in [2.75, 3.05) is 0 Å². The zero-order valence-electron chi connectivity index (χ0n) is 8.47. The lowest BCUT2D eigenvalue weighted by Gasteiger charge is -2.03. The molecule has 0 aliphatic carbocycles. The summed E-state index contributed by atoms with van der Waals surface area (Å²) in [4.78, 5) is 3.84. The van der Waals surface area contributed by atoms with Gasteiger partial charge in [-0.15, -0.1) is 0 Å². The maximum absolute atomic E-state index is 12.7. The Morgan fingerprint density at radius 1 is 1.06 bits per heavy atom. The maximum Gasteiger partial charge on any atom is 0.223 e. The molecule has 0 bridgehead atoms. The zero-order chi connectivity index (χ0) is 12.5. The predicted octanol–water partition coefficient (Wildman–Crippen LogP) is 2.82. The molecule has 0 N–H and O–H groups in total. The summed E-state index contributed by atoms with van der Waals surface area (Å²) in [5.74, 6) is -0.479. The topological polar surface area (TPSA) is 47.0 Å². The van der Waals surface area contributed by atoms with E-state index in [1.165, 1.54) is 24.4 Å². The summed E-state index contributed by atoms with van der Waals surface area (Å²) in [5.41, 5.74) is 0. The quantitative estimate of drug-likeness (QED) is 0.801. The molecular weight excluding hydrogens is 309 g/mol. The summed E-state index contributed by atoms with van der Waals surface area (Å²) in [6.07, 6.45) is 1.40. The Balaban J connectivity index is 2.50. The first-order chi connectivity index (χ1) is 8.00. The SMILES string of the molecule is O=S(=O)(c1ccc(F)cc1)c1ccc(Br)cn1.